The lowest BCUT2D eigenvalue weighted by atomic mass is 9.89. The van der Waals surface area contributed by atoms with E-state index in [2.05, 4.69) is 46.1 Å². The Kier molecular flexibility index (Phi) is 5.95. The average molecular weight is 409 g/mol. The van der Waals surface area contributed by atoms with E-state index in [4.69, 9.17) is 9.47 Å². The molecule has 0 radical (unpaired) electrons. The highest BCUT2D eigenvalue weighted by Crippen LogP contribution is 2.39. The number of carbonyl (C=O) groups excluding carboxylic acids is 1. The Morgan fingerprint density at radius 3 is 2.67 bits per heavy atom. The van der Waals surface area contributed by atoms with E-state index in [9.17, 15) is 4.79 Å². The molecule has 0 spiro atoms. The van der Waals surface area contributed by atoms with Crippen molar-refractivity contribution in [2.24, 2.45) is 0 Å². The first-order valence-electron chi connectivity index (χ1n) is 10.5. The van der Waals surface area contributed by atoms with Gasteiger partial charge in [-0.3, -0.25) is 4.79 Å². The van der Waals surface area contributed by atoms with Crippen molar-refractivity contribution in [2.75, 3.05) is 20.8 Å². The van der Waals surface area contributed by atoms with Crippen LogP contribution in [0.15, 0.2) is 48.7 Å². The van der Waals surface area contributed by atoms with Gasteiger partial charge >= 0.3 is 0 Å². The first-order valence-corrected chi connectivity index (χ1v) is 10.5. The van der Waals surface area contributed by atoms with Crippen LogP contribution in [0.25, 0.3) is 10.9 Å². The molecule has 158 valence electrons. The minimum atomic E-state index is -0.157. The molecule has 0 unspecified atom stereocenters. The maximum absolute atomic E-state index is 12.5. The molecule has 1 aromatic heterocycles. The van der Waals surface area contributed by atoms with Crippen molar-refractivity contribution in [1.82, 2.24) is 10.3 Å². The summed E-state index contributed by atoms with van der Waals surface area (Å²) >= 11 is 0. The number of benzene rings is 2. The third kappa shape index (κ3) is 4.14. The SMILES string of the molecule is COc1cccc([C@H](C[NH2+][C@H](C)C(=O)NC2CC2)c2c[nH]c3ccccc23)c1OC. The summed E-state index contributed by atoms with van der Waals surface area (Å²) in [5.74, 6) is 1.58. The quantitative estimate of drug-likeness (QED) is 0.509. The number of aromatic amines is 1. The molecular weight excluding hydrogens is 378 g/mol. The Morgan fingerprint density at radius 1 is 1.13 bits per heavy atom. The summed E-state index contributed by atoms with van der Waals surface area (Å²) in [5, 5.41) is 6.39. The number of nitrogens with one attached hydrogen (secondary N) is 2. The molecule has 1 saturated carbocycles. The van der Waals surface area contributed by atoms with Gasteiger partial charge in [0.2, 0.25) is 0 Å². The number of para-hydroxylation sites is 2. The molecule has 1 aliphatic carbocycles. The molecule has 2 atom stereocenters. The van der Waals surface area contributed by atoms with Gasteiger partial charge in [-0.15, -0.1) is 0 Å². The van der Waals surface area contributed by atoms with Gasteiger partial charge in [-0.25, -0.2) is 0 Å². The molecule has 1 heterocycles. The molecule has 0 bridgehead atoms. The third-order valence-electron chi connectivity index (χ3n) is 5.87. The van der Waals surface area contributed by atoms with E-state index in [1.54, 1.807) is 14.2 Å². The van der Waals surface area contributed by atoms with Gasteiger partial charge in [0.1, 0.15) is 0 Å². The molecule has 1 fully saturated rings. The number of hydrogen-bond donors (Lipinski definition) is 3. The van der Waals surface area contributed by atoms with Crippen molar-refractivity contribution in [3.63, 3.8) is 0 Å². The van der Waals surface area contributed by atoms with Crippen LogP contribution in [0, 0.1) is 0 Å². The van der Waals surface area contributed by atoms with Gasteiger partial charge in [-0.1, -0.05) is 30.3 Å². The minimum Gasteiger partial charge on any atom is -0.493 e. The maximum atomic E-state index is 12.5. The molecule has 4 N–H and O–H groups in total. The number of methoxy groups -OCH3 is 2. The average Bonchev–Trinajstić information content (AvgIpc) is 3.49. The number of rotatable bonds is 9. The summed E-state index contributed by atoms with van der Waals surface area (Å²) in [5.41, 5.74) is 3.33. The second-order valence-corrected chi connectivity index (χ2v) is 7.97. The molecule has 6 nitrogen and oxygen atoms in total. The lowest BCUT2D eigenvalue weighted by Gasteiger charge is -2.21. The summed E-state index contributed by atoms with van der Waals surface area (Å²) in [6, 6.07) is 14.5. The van der Waals surface area contributed by atoms with Crippen LogP contribution in [-0.2, 0) is 4.79 Å². The number of quaternary nitrogens is 1. The second kappa shape index (κ2) is 8.79. The van der Waals surface area contributed by atoms with Gasteiger partial charge in [0.25, 0.3) is 5.91 Å². The van der Waals surface area contributed by atoms with Gasteiger partial charge in [0.15, 0.2) is 17.5 Å². The molecule has 0 saturated heterocycles. The molecule has 2 aromatic carbocycles. The standard InChI is InChI=1S/C24H29N3O3/c1-15(24(28)27-16-11-12-16)25-13-20(18-8-6-10-22(29-2)23(18)30-3)19-14-26-21-9-5-4-7-17(19)21/h4-10,14-16,20,25-26H,11-13H2,1-3H3,(H,27,28)/p+1/t15-,20+/m1/s1. The summed E-state index contributed by atoms with van der Waals surface area (Å²) < 4.78 is 11.3. The minimum absolute atomic E-state index is 0.0300. The molecule has 4 rings (SSSR count). The highest BCUT2D eigenvalue weighted by atomic mass is 16.5. The Labute approximate surface area is 177 Å². The summed E-state index contributed by atoms with van der Waals surface area (Å²) in [6.45, 7) is 2.68. The number of fused-ring (bicyclic) bond motifs is 1. The van der Waals surface area contributed by atoms with E-state index in [-0.39, 0.29) is 17.9 Å². The van der Waals surface area contributed by atoms with Gasteiger partial charge in [0.05, 0.1) is 26.7 Å². The number of nitrogens with two attached hydrogens (primary N) is 1. The van der Waals surface area contributed by atoms with Crippen molar-refractivity contribution in [2.45, 2.75) is 37.8 Å². The van der Waals surface area contributed by atoms with Gasteiger partial charge in [-0.05, 0) is 37.5 Å². The normalized spacial score (nSPS) is 15.6. The first kappa shape index (κ1) is 20.3. The van der Waals surface area contributed by atoms with E-state index in [0.29, 0.717) is 18.3 Å². The summed E-state index contributed by atoms with van der Waals surface area (Å²) in [6.07, 6.45) is 4.26. The lowest BCUT2D eigenvalue weighted by molar-refractivity contribution is -0.674. The zero-order chi connectivity index (χ0) is 21.1. The predicted octanol–water partition coefficient (Wildman–Crippen LogP) is 2.55. The number of carbonyl (C=O) groups is 1. The predicted molar refractivity (Wildman–Crippen MR) is 117 cm³/mol. The first-order chi connectivity index (χ1) is 14.6. The van der Waals surface area contributed by atoms with Crippen molar-refractivity contribution >= 4 is 16.8 Å². The van der Waals surface area contributed by atoms with Crippen LogP contribution >= 0.6 is 0 Å². The Balaban J connectivity index is 1.67. The fraction of sp³-hybridized carbons (Fsp3) is 0.375. The van der Waals surface area contributed by atoms with Crippen LogP contribution < -0.4 is 20.1 Å². The summed E-state index contributed by atoms with van der Waals surface area (Å²) in [7, 11) is 3.32. The van der Waals surface area contributed by atoms with E-state index < -0.39 is 0 Å². The maximum Gasteiger partial charge on any atom is 0.278 e. The number of hydrogen-bond acceptors (Lipinski definition) is 3. The molecule has 1 amide bonds. The van der Waals surface area contributed by atoms with Crippen molar-refractivity contribution in [3.05, 3.63) is 59.8 Å². The topological polar surface area (TPSA) is 80.0 Å². The monoisotopic (exact) mass is 408 g/mol. The molecule has 0 aliphatic heterocycles. The fourth-order valence-corrected chi connectivity index (χ4v) is 4.00. The number of aromatic nitrogens is 1. The van der Waals surface area contributed by atoms with Crippen molar-refractivity contribution < 1.29 is 19.6 Å². The van der Waals surface area contributed by atoms with Crippen LogP contribution in [-0.4, -0.2) is 43.7 Å². The third-order valence-corrected chi connectivity index (χ3v) is 5.87. The van der Waals surface area contributed by atoms with Gasteiger partial charge in [-0.2, -0.15) is 0 Å². The molecule has 30 heavy (non-hydrogen) atoms. The van der Waals surface area contributed by atoms with Gasteiger partial charge < -0.3 is 25.1 Å². The molecular formula is C24H30N3O3+. The highest BCUT2D eigenvalue weighted by molar-refractivity contribution is 5.84. The van der Waals surface area contributed by atoms with Crippen LogP contribution in [0.1, 0.15) is 36.8 Å². The van der Waals surface area contributed by atoms with Crippen LogP contribution in [0.5, 0.6) is 11.5 Å². The largest absolute Gasteiger partial charge is 0.493 e. The number of amides is 1. The highest BCUT2D eigenvalue weighted by Gasteiger charge is 2.29. The van der Waals surface area contributed by atoms with Crippen LogP contribution in [0.2, 0.25) is 0 Å². The molecule has 6 heteroatoms. The van der Waals surface area contributed by atoms with Crippen LogP contribution in [0.3, 0.4) is 0 Å². The molecule has 1 aliphatic rings. The number of H-pyrrole nitrogens is 1. The summed E-state index contributed by atoms with van der Waals surface area (Å²) in [4.78, 5) is 15.9. The van der Waals surface area contributed by atoms with Crippen molar-refractivity contribution in [1.29, 1.82) is 0 Å². The van der Waals surface area contributed by atoms with E-state index in [0.717, 1.165) is 29.7 Å². The zero-order valence-electron chi connectivity index (χ0n) is 17.8. The van der Waals surface area contributed by atoms with E-state index >= 15 is 0 Å². The van der Waals surface area contributed by atoms with E-state index in [1.807, 2.05) is 25.1 Å². The fourth-order valence-electron chi connectivity index (χ4n) is 4.00. The van der Waals surface area contributed by atoms with Crippen molar-refractivity contribution in [3.8, 4) is 11.5 Å². The number of ether oxygens (including phenoxy) is 2. The Morgan fingerprint density at radius 2 is 1.93 bits per heavy atom. The Bertz CT molecular complexity index is 1030. The van der Waals surface area contributed by atoms with Crippen LogP contribution in [0.4, 0.5) is 0 Å². The van der Waals surface area contributed by atoms with Gasteiger partial charge in [0, 0.05) is 28.7 Å². The Hall–Kier alpha value is -2.99. The smallest absolute Gasteiger partial charge is 0.278 e. The van der Waals surface area contributed by atoms with E-state index in [1.165, 1.54) is 10.9 Å². The second-order valence-electron chi connectivity index (χ2n) is 7.97. The lowest BCUT2D eigenvalue weighted by Crippen LogP contribution is -2.92. The molecule has 3 aromatic rings. The zero-order valence-corrected chi connectivity index (χ0v) is 17.8.